The van der Waals surface area contributed by atoms with Crippen molar-refractivity contribution in [2.75, 3.05) is 23.7 Å². The molecule has 2 rings (SSSR count). The zero-order chi connectivity index (χ0) is 19.1. The average Bonchev–Trinajstić information content (AvgIpc) is 2.61. The van der Waals surface area contributed by atoms with Crippen LogP contribution in [0.15, 0.2) is 36.0 Å². The summed E-state index contributed by atoms with van der Waals surface area (Å²) in [6.45, 7) is 2.54. The highest BCUT2D eigenvalue weighted by atomic mass is 16.2. The maximum atomic E-state index is 12.3. The predicted octanol–water partition coefficient (Wildman–Crippen LogP) is 1.19. The van der Waals surface area contributed by atoms with Gasteiger partial charge >= 0.3 is 0 Å². The molecule has 1 saturated heterocycles. The van der Waals surface area contributed by atoms with Crippen molar-refractivity contribution in [2.24, 2.45) is 11.7 Å². The summed E-state index contributed by atoms with van der Waals surface area (Å²) >= 11 is 0. The number of benzene rings is 1. The number of nitriles is 1. The van der Waals surface area contributed by atoms with Crippen molar-refractivity contribution in [3.63, 3.8) is 0 Å². The normalized spacial score (nSPS) is 15.1. The number of anilines is 2. The first kappa shape index (κ1) is 19.0. The molecule has 8 heteroatoms. The molecule has 1 fully saturated rings. The van der Waals surface area contributed by atoms with E-state index in [2.05, 4.69) is 10.6 Å². The summed E-state index contributed by atoms with van der Waals surface area (Å²) in [6.07, 6.45) is 2.73. The fraction of sp³-hybridized carbons (Fsp3) is 0.333. The maximum absolute atomic E-state index is 12.3. The molecule has 136 valence electrons. The van der Waals surface area contributed by atoms with Crippen molar-refractivity contribution in [3.05, 3.63) is 36.0 Å². The van der Waals surface area contributed by atoms with Gasteiger partial charge in [0, 0.05) is 43.5 Å². The van der Waals surface area contributed by atoms with E-state index >= 15 is 0 Å². The molecule has 3 amide bonds. The summed E-state index contributed by atoms with van der Waals surface area (Å²) in [5.74, 6) is -1.16. The molecule has 1 aromatic carbocycles. The van der Waals surface area contributed by atoms with E-state index in [-0.39, 0.29) is 23.3 Å². The minimum atomic E-state index is -0.517. The topological polar surface area (TPSA) is 128 Å². The van der Waals surface area contributed by atoms with Crippen LogP contribution in [0.1, 0.15) is 19.8 Å². The number of hydrogen-bond donors (Lipinski definition) is 3. The lowest BCUT2D eigenvalue weighted by molar-refractivity contribution is -0.123. The molecule has 0 bridgehead atoms. The third-order valence-corrected chi connectivity index (χ3v) is 4.07. The lowest BCUT2D eigenvalue weighted by Gasteiger charge is -2.29. The minimum absolute atomic E-state index is 0.0199. The molecule has 0 spiro atoms. The molecule has 1 heterocycles. The summed E-state index contributed by atoms with van der Waals surface area (Å²) in [4.78, 5) is 36.3. The van der Waals surface area contributed by atoms with Gasteiger partial charge in [0.1, 0.15) is 11.6 Å². The van der Waals surface area contributed by atoms with Gasteiger partial charge in [0.05, 0.1) is 0 Å². The molecular weight excluding hydrogens is 334 g/mol. The fourth-order valence-electron chi connectivity index (χ4n) is 2.67. The molecule has 1 aliphatic heterocycles. The van der Waals surface area contributed by atoms with Crippen LogP contribution < -0.4 is 16.4 Å². The molecule has 0 unspecified atom stereocenters. The summed E-state index contributed by atoms with van der Waals surface area (Å²) in [5, 5.41) is 14.5. The first-order valence-electron chi connectivity index (χ1n) is 8.23. The quantitative estimate of drug-likeness (QED) is 0.540. The molecule has 0 aliphatic carbocycles. The minimum Gasteiger partial charge on any atom is -0.376 e. The Bertz CT molecular complexity index is 756. The van der Waals surface area contributed by atoms with Crippen molar-refractivity contribution in [3.8, 4) is 6.07 Å². The second-order valence-corrected chi connectivity index (χ2v) is 6.08. The van der Waals surface area contributed by atoms with E-state index in [1.807, 2.05) is 11.0 Å². The Morgan fingerprint density at radius 3 is 2.15 bits per heavy atom. The monoisotopic (exact) mass is 355 g/mol. The highest BCUT2D eigenvalue weighted by Gasteiger charge is 2.22. The molecule has 1 aromatic rings. The number of likely N-dealkylation sites (tertiary alicyclic amines) is 1. The second-order valence-electron chi connectivity index (χ2n) is 6.08. The fourth-order valence-corrected chi connectivity index (χ4v) is 2.67. The van der Waals surface area contributed by atoms with E-state index in [1.54, 1.807) is 24.3 Å². The Morgan fingerprint density at radius 2 is 1.69 bits per heavy atom. The van der Waals surface area contributed by atoms with Gasteiger partial charge in [-0.25, -0.2) is 0 Å². The van der Waals surface area contributed by atoms with E-state index in [1.165, 1.54) is 13.1 Å². The molecule has 0 atom stereocenters. The Labute approximate surface area is 151 Å². The van der Waals surface area contributed by atoms with Gasteiger partial charge in [0.15, 0.2) is 0 Å². The van der Waals surface area contributed by atoms with Crippen LogP contribution in [0.2, 0.25) is 0 Å². The number of nitrogens with one attached hydrogen (secondary N) is 2. The van der Waals surface area contributed by atoms with Gasteiger partial charge in [-0.15, -0.1) is 0 Å². The van der Waals surface area contributed by atoms with Gasteiger partial charge < -0.3 is 21.3 Å². The highest BCUT2D eigenvalue weighted by Crippen LogP contribution is 2.18. The first-order chi connectivity index (χ1) is 12.4. The molecule has 26 heavy (non-hydrogen) atoms. The number of carbonyl (C=O) groups excluding carboxylic acids is 3. The first-order valence-corrected chi connectivity index (χ1v) is 8.23. The average molecular weight is 355 g/mol. The van der Waals surface area contributed by atoms with Crippen LogP contribution in [0.3, 0.4) is 0 Å². The molecule has 0 saturated carbocycles. The number of nitrogens with two attached hydrogens (primary N) is 1. The zero-order valence-electron chi connectivity index (χ0n) is 14.5. The van der Waals surface area contributed by atoms with Gasteiger partial charge in [0.2, 0.25) is 11.8 Å². The molecule has 0 radical (unpaired) electrons. The third kappa shape index (κ3) is 5.34. The van der Waals surface area contributed by atoms with Crippen molar-refractivity contribution >= 4 is 29.1 Å². The lowest BCUT2D eigenvalue weighted by atomic mass is 9.96. The number of piperidine rings is 1. The zero-order valence-corrected chi connectivity index (χ0v) is 14.5. The Morgan fingerprint density at radius 1 is 1.15 bits per heavy atom. The SMILES string of the molecule is CC(=O)Nc1ccc(NC(=O)/C(C#N)=C\N2CCC(C(N)=O)CC2)cc1. The van der Waals surface area contributed by atoms with Crippen LogP contribution in [0, 0.1) is 17.2 Å². The summed E-state index contributed by atoms with van der Waals surface area (Å²) in [7, 11) is 0. The van der Waals surface area contributed by atoms with Crippen molar-refractivity contribution in [1.29, 1.82) is 5.26 Å². The van der Waals surface area contributed by atoms with Crippen LogP contribution in [-0.2, 0) is 14.4 Å². The number of nitrogens with zero attached hydrogens (tertiary/aromatic N) is 2. The molecule has 1 aliphatic rings. The number of rotatable bonds is 5. The number of primary amides is 1. The van der Waals surface area contributed by atoms with Gasteiger partial charge in [0.25, 0.3) is 5.91 Å². The predicted molar refractivity (Wildman–Crippen MR) is 96.6 cm³/mol. The van der Waals surface area contributed by atoms with Gasteiger partial charge in [-0.3, -0.25) is 14.4 Å². The molecule has 8 nitrogen and oxygen atoms in total. The smallest absolute Gasteiger partial charge is 0.267 e. The van der Waals surface area contributed by atoms with Crippen LogP contribution in [0.5, 0.6) is 0 Å². The Kier molecular flexibility index (Phi) is 6.33. The van der Waals surface area contributed by atoms with Crippen LogP contribution in [0.4, 0.5) is 11.4 Å². The maximum Gasteiger partial charge on any atom is 0.267 e. The molecule has 0 aromatic heterocycles. The van der Waals surface area contributed by atoms with E-state index in [4.69, 9.17) is 5.73 Å². The third-order valence-electron chi connectivity index (χ3n) is 4.07. The summed E-state index contributed by atoms with van der Waals surface area (Å²) in [5.41, 5.74) is 6.41. The lowest BCUT2D eigenvalue weighted by Crippen LogP contribution is -2.36. The van der Waals surface area contributed by atoms with E-state index < -0.39 is 5.91 Å². The number of hydrogen-bond acceptors (Lipinski definition) is 5. The van der Waals surface area contributed by atoms with E-state index in [0.717, 1.165) is 0 Å². The second kappa shape index (κ2) is 8.67. The largest absolute Gasteiger partial charge is 0.376 e. The number of amides is 3. The van der Waals surface area contributed by atoms with Gasteiger partial charge in [-0.1, -0.05) is 0 Å². The van der Waals surface area contributed by atoms with E-state index in [0.29, 0.717) is 37.3 Å². The van der Waals surface area contributed by atoms with Crippen LogP contribution >= 0.6 is 0 Å². The van der Waals surface area contributed by atoms with E-state index in [9.17, 15) is 19.6 Å². The Hall–Kier alpha value is -3.34. The van der Waals surface area contributed by atoms with Crippen molar-refractivity contribution < 1.29 is 14.4 Å². The van der Waals surface area contributed by atoms with Gasteiger partial charge in [-0.2, -0.15) is 5.26 Å². The van der Waals surface area contributed by atoms with Crippen LogP contribution in [0.25, 0.3) is 0 Å². The van der Waals surface area contributed by atoms with Gasteiger partial charge in [-0.05, 0) is 37.1 Å². The van der Waals surface area contributed by atoms with Crippen LogP contribution in [-0.4, -0.2) is 35.7 Å². The number of carbonyl (C=O) groups is 3. The summed E-state index contributed by atoms with van der Waals surface area (Å²) in [6, 6.07) is 8.48. The standard InChI is InChI=1S/C18H21N5O3/c1-12(24)21-15-2-4-16(5-3-15)22-18(26)14(10-19)11-23-8-6-13(7-9-23)17(20)25/h2-5,11,13H,6-9H2,1H3,(H2,20,25)(H,21,24)(H,22,26)/b14-11-. The molecule has 4 N–H and O–H groups in total. The Balaban J connectivity index is 1.97. The highest BCUT2D eigenvalue weighted by molar-refractivity contribution is 6.06. The summed E-state index contributed by atoms with van der Waals surface area (Å²) < 4.78 is 0. The molecular formula is C18H21N5O3. The van der Waals surface area contributed by atoms with Crippen molar-refractivity contribution in [2.45, 2.75) is 19.8 Å². The van der Waals surface area contributed by atoms with Crippen molar-refractivity contribution in [1.82, 2.24) is 4.90 Å².